The van der Waals surface area contributed by atoms with Gasteiger partial charge < -0.3 is 15.3 Å². The van der Waals surface area contributed by atoms with Gasteiger partial charge in [-0.05, 0) is 37.3 Å². The van der Waals surface area contributed by atoms with E-state index in [4.69, 9.17) is 0 Å². The number of hydrogen-bond donors (Lipinski definition) is 2. The van der Waals surface area contributed by atoms with E-state index in [1.165, 1.54) is 0 Å². The van der Waals surface area contributed by atoms with E-state index < -0.39 is 12.0 Å². The zero-order chi connectivity index (χ0) is 13.3. The van der Waals surface area contributed by atoms with Gasteiger partial charge in [0.25, 0.3) is 0 Å². The Bertz CT molecular complexity index is 350. The first-order valence-corrected chi connectivity index (χ1v) is 6.65. The molecule has 2 heterocycles. The van der Waals surface area contributed by atoms with E-state index in [0.717, 1.165) is 25.9 Å². The summed E-state index contributed by atoms with van der Waals surface area (Å²) in [7, 11) is 0. The summed E-state index contributed by atoms with van der Waals surface area (Å²) in [4.78, 5) is 25.3. The second kappa shape index (κ2) is 4.88. The number of amides is 1. The van der Waals surface area contributed by atoms with Crippen molar-refractivity contribution in [2.45, 2.75) is 39.2 Å². The lowest BCUT2D eigenvalue weighted by Crippen LogP contribution is -2.57. The molecule has 1 atom stereocenters. The second-order valence-electron chi connectivity index (χ2n) is 6.15. The Kier molecular flexibility index (Phi) is 3.61. The predicted octanol–water partition coefficient (Wildman–Crippen LogP) is 0.698. The van der Waals surface area contributed by atoms with E-state index in [2.05, 4.69) is 5.32 Å². The van der Waals surface area contributed by atoms with Crippen molar-refractivity contribution in [1.82, 2.24) is 10.2 Å². The number of carbonyl (C=O) groups is 2. The van der Waals surface area contributed by atoms with Gasteiger partial charge in [0.1, 0.15) is 6.04 Å². The van der Waals surface area contributed by atoms with Crippen LogP contribution in [0.2, 0.25) is 0 Å². The maximum absolute atomic E-state index is 12.2. The van der Waals surface area contributed by atoms with Crippen LogP contribution in [0.1, 0.15) is 33.1 Å². The molecule has 0 aromatic rings. The fourth-order valence-corrected chi connectivity index (χ4v) is 2.99. The molecule has 1 unspecified atom stereocenters. The van der Waals surface area contributed by atoms with Crippen molar-refractivity contribution in [2.75, 3.05) is 19.6 Å². The molecule has 2 saturated heterocycles. The second-order valence-corrected chi connectivity index (χ2v) is 6.15. The third kappa shape index (κ3) is 2.51. The highest BCUT2D eigenvalue weighted by Gasteiger charge is 2.44. The SMILES string of the molecule is CC1(C)CCCN(C(=O)CC2CNC2)C1C(=O)O. The number of hydrogen-bond acceptors (Lipinski definition) is 3. The van der Waals surface area contributed by atoms with Gasteiger partial charge in [-0.25, -0.2) is 4.79 Å². The number of carboxylic acid groups (broad SMARTS) is 1. The molecule has 102 valence electrons. The summed E-state index contributed by atoms with van der Waals surface area (Å²) in [6.07, 6.45) is 2.23. The maximum atomic E-state index is 12.2. The lowest BCUT2D eigenvalue weighted by Gasteiger charge is -2.44. The lowest BCUT2D eigenvalue weighted by molar-refractivity contribution is -0.159. The predicted molar refractivity (Wildman–Crippen MR) is 67.1 cm³/mol. The van der Waals surface area contributed by atoms with Crippen molar-refractivity contribution in [1.29, 1.82) is 0 Å². The van der Waals surface area contributed by atoms with Crippen LogP contribution in [0.15, 0.2) is 0 Å². The number of rotatable bonds is 3. The highest BCUT2D eigenvalue weighted by Crippen LogP contribution is 2.35. The van der Waals surface area contributed by atoms with Crippen LogP contribution in [0.5, 0.6) is 0 Å². The van der Waals surface area contributed by atoms with E-state index in [1.807, 2.05) is 13.8 Å². The lowest BCUT2D eigenvalue weighted by atomic mass is 9.76. The van der Waals surface area contributed by atoms with Gasteiger partial charge in [0.05, 0.1) is 0 Å². The molecule has 2 aliphatic rings. The molecule has 2 rings (SSSR count). The quantitative estimate of drug-likeness (QED) is 0.778. The normalized spacial score (nSPS) is 27.7. The highest BCUT2D eigenvalue weighted by molar-refractivity contribution is 5.84. The molecular formula is C13H22N2O3. The first-order valence-electron chi connectivity index (χ1n) is 6.65. The molecule has 0 saturated carbocycles. The minimum atomic E-state index is -0.875. The molecule has 0 spiro atoms. The fourth-order valence-electron chi connectivity index (χ4n) is 2.99. The van der Waals surface area contributed by atoms with Gasteiger partial charge in [0.15, 0.2) is 0 Å². The molecule has 1 amide bonds. The Morgan fingerprint density at radius 1 is 1.39 bits per heavy atom. The Morgan fingerprint density at radius 2 is 2.06 bits per heavy atom. The zero-order valence-electron chi connectivity index (χ0n) is 11.1. The number of nitrogens with zero attached hydrogens (tertiary/aromatic N) is 1. The van der Waals surface area contributed by atoms with Gasteiger partial charge in [0.2, 0.25) is 5.91 Å². The topological polar surface area (TPSA) is 69.6 Å². The molecule has 2 N–H and O–H groups in total. The molecule has 0 aromatic heterocycles. The van der Waals surface area contributed by atoms with E-state index in [9.17, 15) is 14.7 Å². The monoisotopic (exact) mass is 254 g/mol. The van der Waals surface area contributed by atoms with Crippen molar-refractivity contribution in [3.63, 3.8) is 0 Å². The van der Waals surface area contributed by atoms with Gasteiger partial charge in [0, 0.05) is 13.0 Å². The molecule has 18 heavy (non-hydrogen) atoms. The third-order valence-electron chi connectivity index (χ3n) is 4.16. The van der Waals surface area contributed by atoms with Gasteiger partial charge in [-0.3, -0.25) is 4.79 Å². The van der Waals surface area contributed by atoms with Crippen LogP contribution in [0, 0.1) is 11.3 Å². The zero-order valence-corrected chi connectivity index (χ0v) is 11.1. The van der Waals surface area contributed by atoms with Crippen LogP contribution in [0.25, 0.3) is 0 Å². The van der Waals surface area contributed by atoms with E-state index in [-0.39, 0.29) is 11.3 Å². The average molecular weight is 254 g/mol. The number of likely N-dealkylation sites (tertiary alicyclic amines) is 1. The Balaban J connectivity index is 2.08. The summed E-state index contributed by atoms with van der Waals surface area (Å²) in [5.41, 5.74) is -0.336. The minimum absolute atomic E-state index is 0.00155. The first-order chi connectivity index (χ1) is 8.42. The summed E-state index contributed by atoms with van der Waals surface area (Å²) in [6.45, 7) is 6.22. The van der Waals surface area contributed by atoms with Crippen molar-refractivity contribution >= 4 is 11.9 Å². The summed E-state index contributed by atoms with van der Waals surface area (Å²) in [6, 6.07) is -0.674. The van der Waals surface area contributed by atoms with Gasteiger partial charge >= 0.3 is 5.97 Å². The first kappa shape index (κ1) is 13.3. The highest BCUT2D eigenvalue weighted by atomic mass is 16.4. The summed E-state index contributed by atoms with van der Waals surface area (Å²) >= 11 is 0. The van der Waals surface area contributed by atoms with Crippen LogP contribution >= 0.6 is 0 Å². The number of nitrogens with one attached hydrogen (secondary N) is 1. The molecule has 5 nitrogen and oxygen atoms in total. The summed E-state index contributed by atoms with van der Waals surface area (Å²) < 4.78 is 0. The standard InChI is InChI=1S/C13H22N2O3/c1-13(2)4-3-5-15(11(13)12(17)18)10(16)6-9-7-14-8-9/h9,11,14H,3-8H2,1-2H3,(H,17,18). The van der Waals surface area contributed by atoms with Crippen molar-refractivity contribution < 1.29 is 14.7 Å². The molecule has 0 aromatic carbocycles. The molecule has 2 fully saturated rings. The van der Waals surface area contributed by atoms with Gasteiger partial charge in [-0.1, -0.05) is 13.8 Å². The van der Waals surface area contributed by atoms with E-state index in [0.29, 0.717) is 18.9 Å². The van der Waals surface area contributed by atoms with Crippen molar-refractivity contribution in [2.24, 2.45) is 11.3 Å². The number of piperidine rings is 1. The minimum Gasteiger partial charge on any atom is -0.480 e. The molecule has 0 bridgehead atoms. The number of carboxylic acids is 1. The Morgan fingerprint density at radius 3 is 2.56 bits per heavy atom. The summed E-state index contributed by atoms with van der Waals surface area (Å²) in [5, 5.41) is 12.5. The molecular weight excluding hydrogens is 232 g/mol. The van der Waals surface area contributed by atoms with Crippen LogP contribution < -0.4 is 5.32 Å². The molecule has 0 aliphatic carbocycles. The van der Waals surface area contributed by atoms with E-state index >= 15 is 0 Å². The smallest absolute Gasteiger partial charge is 0.326 e. The van der Waals surface area contributed by atoms with E-state index in [1.54, 1.807) is 4.90 Å². The average Bonchev–Trinajstić information content (AvgIpc) is 2.20. The van der Waals surface area contributed by atoms with Crippen LogP contribution in [0.3, 0.4) is 0 Å². The third-order valence-corrected chi connectivity index (χ3v) is 4.16. The summed E-state index contributed by atoms with van der Waals surface area (Å²) in [5.74, 6) is -0.488. The fraction of sp³-hybridized carbons (Fsp3) is 0.846. The molecule has 2 aliphatic heterocycles. The van der Waals surface area contributed by atoms with Crippen LogP contribution in [0.4, 0.5) is 0 Å². The Hall–Kier alpha value is -1.10. The van der Waals surface area contributed by atoms with Gasteiger partial charge in [-0.2, -0.15) is 0 Å². The van der Waals surface area contributed by atoms with Gasteiger partial charge in [-0.15, -0.1) is 0 Å². The van der Waals surface area contributed by atoms with Crippen molar-refractivity contribution in [3.8, 4) is 0 Å². The molecule has 0 radical (unpaired) electrons. The largest absolute Gasteiger partial charge is 0.480 e. The number of aliphatic carboxylic acids is 1. The maximum Gasteiger partial charge on any atom is 0.326 e. The van der Waals surface area contributed by atoms with Crippen LogP contribution in [-0.2, 0) is 9.59 Å². The molecule has 5 heteroatoms. The van der Waals surface area contributed by atoms with Crippen LogP contribution in [-0.4, -0.2) is 47.6 Å². The van der Waals surface area contributed by atoms with Crippen molar-refractivity contribution in [3.05, 3.63) is 0 Å². The Labute approximate surface area is 108 Å². The number of carbonyl (C=O) groups excluding carboxylic acids is 1.